The summed E-state index contributed by atoms with van der Waals surface area (Å²) in [4.78, 5) is 12.6. The van der Waals surface area contributed by atoms with Gasteiger partial charge in [0.1, 0.15) is 5.75 Å². The molecule has 1 unspecified atom stereocenters. The fourth-order valence-corrected chi connectivity index (χ4v) is 3.55. The Morgan fingerprint density at radius 3 is 2.60 bits per heavy atom. The molecular weight excluding hydrogens is 334 g/mol. The van der Waals surface area contributed by atoms with Crippen LogP contribution < -0.4 is 10.1 Å². The lowest BCUT2D eigenvalue weighted by Crippen LogP contribution is -2.30. The lowest BCUT2D eigenvalue weighted by molar-refractivity contribution is -0.122. The molecule has 0 saturated heterocycles. The molecular formula is C21H18ClNO2. The Bertz CT molecular complexity index is 957. The number of hydrogen-bond acceptors (Lipinski definition) is 2. The molecule has 0 bridgehead atoms. The van der Waals surface area contributed by atoms with Gasteiger partial charge in [0.05, 0.1) is 5.02 Å². The number of nitrogens with one attached hydrogen (secondary N) is 1. The highest BCUT2D eigenvalue weighted by atomic mass is 35.5. The van der Waals surface area contributed by atoms with Crippen molar-refractivity contribution in [2.24, 2.45) is 0 Å². The third-order valence-corrected chi connectivity index (χ3v) is 4.96. The minimum atomic E-state index is -0.650. The zero-order valence-electron chi connectivity index (χ0n) is 13.9. The number of aryl methyl sites for hydroxylation is 2. The Balaban J connectivity index is 1.57. The van der Waals surface area contributed by atoms with E-state index in [4.69, 9.17) is 16.3 Å². The molecule has 0 radical (unpaired) electrons. The van der Waals surface area contributed by atoms with Crippen LogP contribution in [-0.2, 0) is 17.6 Å². The maximum Gasteiger partial charge on any atom is 0.265 e. The number of anilines is 1. The van der Waals surface area contributed by atoms with Gasteiger partial charge in [-0.15, -0.1) is 0 Å². The summed E-state index contributed by atoms with van der Waals surface area (Å²) in [7, 11) is 0. The van der Waals surface area contributed by atoms with Crippen LogP contribution in [0.4, 0.5) is 5.69 Å². The van der Waals surface area contributed by atoms with Crippen LogP contribution in [0.2, 0.25) is 5.02 Å². The van der Waals surface area contributed by atoms with E-state index in [1.165, 1.54) is 16.5 Å². The topological polar surface area (TPSA) is 38.3 Å². The van der Waals surface area contributed by atoms with Crippen molar-refractivity contribution in [1.82, 2.24) is 0 Å². The number of para-hydroxylation sites is 1. The SMILES string of the molecule is CC(Oc1ccccc1Cl)C(=O)Nc1ccc2c3c(cccc13)CC2. The van der Waals surface area contributed by atoms with E-state index in [2.05, 4.69) is 23.5 Å². The third kappa shape index (κ3) is 2.96. The third-order valence-electron chi connectivity index (χ3n) is 4.64. The summed E-state index contributed by atoms with van der Waals surface area (Å²) >= 11 is 6.10. The molecule has 1 amide bonds. The summed E-state index contributed by atoms with van der Waals surface area (Å²) in [5.74, 6) is 0.311. The Kier molecular flexibility index (Phi) is 4.10. The minimum absolute atomic E-state index is 0.196. The number of carbonyl (C=O) groups excluding carboxylic acids is 1. The number of ether oxygens (including phenoxy) is 1. The van der Waals surface area contributed by atoms with Crippen LogP contribution in [0, 0.1) is 0 Å². The molecule has 0 heterocycles. The number of carbonyl (C=O) groups is 1. The molecule has 3 nitrogen and oxygen atoms in total. The summed E-state index contributed by atoms with van der Waals surface area (Å²) in [6, 6.07) is 17.5. The first-order valence-corrected chi connectivity index (χ1v) is 8.77. The lowest BCUT2D eigenvalue weighted by atomic mass is 10.0. The van der Waals surface area contributed by atoms with Gasteiger partial charge in [-0.3, -0.25) is 4.79 Å². The Morgan fingerprint density at radius 2 is 1.80 bits per heavy atom. The second-order valence-corrected chi connectivity index (χ2v) is 6.70. The van der Waals surface area contributed by atoms with Gasteiger partial charge in [-0.1, -0.05) is 48.0 Å². The van der Waals surface area contributed by atoms with Crippen molar-refractivity contribution >= 4 is 34.0 Å². The van der Waals surface area contributed by atoms with Crippen LogP contribution >= 0.6 is 11.6 Å². The van der Waals surface area contributed by atoms with Gasteiger partial charge in [-0.25, -0.2) is 0 Å². The number of rotatable bonds is 4. The van der Waals surface area contributed by atoms with Crippen LogP contribution in [0.5, 0.6) is 5.75 Å². The van der Waals surface area contributed by atoms with Crippen molar-refractivity contribution < 1.29 is 9.53 Å². The molecule has 0 aliphatic heterocycles. The molecule has 3 aromatic carbocycles. The van der Waals surface area contributed by atoms with Crippen molar-refractivity contribution in [2.75, 3.05) is 5.32 Å². The number of benzene rings is 3. The molecule has 25 heavy (non-hydrogen) atoms. The molecule has 1 aliphatic carbocycles. The van der Waals surface area contributed by atoms with E-state index in [1.54, 1.807) is 19.1 Å². The normalized spacial score (nSPS) is 13.7. The quantitative estimate of drug-likeness (QED) is 0.718. The Labute approximate surface area is 151 Å². The van der Waals surface area contributed by atoms with E-state index in [0.717, 1.165) is 23.9 Å². The van der Waals surface area contributed by atoms with Crippen LogP contribution in [0.1, 0.15) is 18.1 Å². The molecule has 1 atom stereocenters. The van der Waals surface area contributed by atoms with Gasteiger partial charge in [0.2, 0.25) is 0 Å². The summed E-state index contributed by atoms with van der Waals surface area (Å²) in [6.07, 6.45) is 1.48. The highest BCUT2D eigenvalue weighted by molar-refractivity contribution is 6.32. The molecule has 4 rings (SSSR count). The molecule has 1 aliphatic rings. The monoisotopic (exact) mass is 351 g/mol. The summed E-state index contributed by atoms with van der Waals surface area (Å²) < 4.78 is 5.71. The molecule has 1 N–H and O–H groups in total. The van der Waals surface area contributed by atoms with E-state index < -0.39 is 6.10 Å². The predicted molar refractivity (Wildman–Crippen MR) is 102 cm³/mol. The van der Waals surface area contributed by atoms with E-state index >= 15 is 0 Å². The van der Waals surface area contributed by atoms with E-state index in [-0.39, 0.29) is 5.91 Å². The summed E-state index contributed by atoms with van der Waals surface area (Å²) in [5, 5.41) is 5.86. The molecule has 4 heteroatoms. The molecule has 0 aromatic heterocycles. The average molecular weight is 352 g/mol. The fraction of sp³-hybridized carbons (Fsp3) is 0.190. The van der Waals surface area contributed by atoms with Gasteiger partial charge < -0.3 is 10.1 Å². The van der Waals surface area contributed by atoms with Crippen molar-refractivity contribution in [3.63, 3.8) is 0 Å². The maximum absolute atomic E-state index is 12.6. The smallest absolute Gasteiger partial charge is 0.265 e. The first kappa shape index (κ1) is 16.0. The van der Waals surface area contributed by atoms with Gasteiger partial charge in [0.25, 0.3) is 5.91 Å². The van der Waals surface area contributed by atoms with Gasteiger partial charge in [-0.2, -0.15) is 0 Å². The molecule has 3 aromatic rings. The van der Waals surface area contributed by atoms with E-state index in [9.17, 15) is 4.79 Å². The van der Waals surface area contributed by atoms with E-state index in [0.29, 0.717) is 10.8 Å². The average Bonchev–Trinajstić information content (AvgIpc) is 3.04. The van der Waals surface area contributed by atoms with Gasteiger partial charge in [-0.05, 0) is 54.5 Å². The van der Waals surface area contributed by atoms with Crippen molar-refractivity contribution in [1.29, 1.82) is 0 Å². The number of hydrogen-bond donors (Lipinski definition) is 1. The second kappa shape index (κ2) is 6.41. The second-order valence-electron chi connectivity index (χ2n) is 6.29. The Hall–Kier alpha value is -2.52. The van der Waals surface area contributed by atoms with Gasteiger partial charge >= 0.3 is 0 Å². The maximum atomic E-state index is 12.6. The number of halogens is 1. The fourth-order valence-electron chi connectivity index (χ4n) is 3.37. The number of amides is 1. The lowest BCUT2D eigenvalue weighted by Gasteiger charge is -2.17. The van der Waals surface area contributed by atoms with Gasteiger partial charge in [0, 0.05) is 11.1 Å². The summed E-state index contributed by atoms with van der Waals surface area (Å²) in [6.45, 7) is 1.72. The highest BCUT2D eigenvalue weighted by Gasteiger charge is 2.20. The zero-order chi connectivity index (χ0) is 17.4. The van der Waals surface area contributed by atoms with Crippen LogP contribution in [0.25, 0.3) is 10.8 Å². The highest BCUT2D eigenvalue weighted by Crippen LogP contribution is 2.35. The van der Waals surface area contributed by atoms with Crippen LogP contribution in [-0.4, -0.2) is 12.0 Å². The van der Waals surface area contributed by atoms with Gasteiger partial charge in [0.15, 0.2) is 6.10 Å². The largest absolute Gasteiger partial charge is 0.479 e. The summed E-state index contributed by atoms with van der Waals surface area (Å²) in [5.41, 5.74) is 3.52. The standard InChI is InChI=1S/C21H18ClNO2/c1-13(25-19-8-3-2-7-17(19)22)21(24)23-18-12-11-15-10-9-14-5-4-6-16(18)20(14)15/h2-8,11-13H,9-10H2,1H3,(H,23,24). The Morgan fingerprint density at radius 1 is 1.04 bits per heavy atom. The first-order valence-electron chi connectivity index (χ1n) is 8.39. The van der Waals surface area contributed by atoms with Crippen molar-refractivity contribution in [3.05, 3.63) is 70.7 Å². The molecule has 0 fully saturated rings. The molecule has 126 valence electrons. The minimum Gasteiger partial charge on any atom is -0.479 e. The van der Waals surface area contributed by atoms with Crippen molar-refractivity contribution in [3.8, 4) is 5.75 Å². The molecule has 0 saturated carbocycles. The molecule has 0 spiro atoms. The predicted octanol–water partition coefficient (Wildman–Crippen LogP) is 5.00. The van der Waals surface area contributed by atoms with Crippen molar-refractivity contribution in [2.45, 2.75) is 25.9 Å². The van der Waals surface area contributed by atoms with E-state index in [1.807, 2.05) is 24.3 Å². The first-order chi connectivity index (χ1) is 12.1. The zero-order valence-corrected chi connectivity index (χ0v) is 14.6. The van der Waals surface area contributed by atoms with Crippen LogP contribution in [0.3, 0.4) is 0 Å². The van der Waals surface area contributed by atoms with Crippen LogP contribution in [0.15, 0.2) is 54.6 Å².